The summed E-state index contributed by atoms with van der Waals surface area (Å²) in [4.78, 5) is 154. The van der Waals surface area contributed by atoms with Crippen molar-refractivity contribution in [3.8, 4) is 0 Å². The number of nitrogens with one attached hydrogen (secondary N) is 12. The van der Waals surface area contributed by atoms with Crippen LogP contribution < -0.4 is 92.5 Å². The Morgan fingerprint density at radius 1 is 0.565 bits per heavy atom. The fourth-order valence-electron chi connectivity index (χ4n) is 8.75. The van der Waals surface area contributed by atoms with Crippen LogP contribution in [0, 0.1) is 5.92 Å². The summed E-state index contributed by atoms with van der Waals surface area (Å²) in [5.74, 6) is -9.81. The molecule has 31 heteroatoms. The van der Waals surface area contributed by atoms with Gasteiger partial charge in [0.2, 0.25) is 59.1 Å². The fourth-order valence-corrected chi connectivity index (χ4v) is 8.93. The quantitative estimate of drug-likeness (QED) is 0.0466. The first kappa shape index (κ1) is 71.7. The molecule has 0 bridgehead atoms. The van der Waals surface area contributed by atoms with Gasteiger partial charge in [0.05, 0.1) is 22.9 Å². The highest BCUT2D eigenvalue weighted by atomic mass is 35.5. The van der Waals surface area contributed by atoms with Crippen molar-refractivity contribution in [2.45, 2.75) is 152 Å². The number of hydrogen-bond acceptors (Lipinski definition) is 18. The molecule has 1 saturated heterocycles. The second-order valence-corrected chi connectivity index (χ2v) is 21.2. The number of urea groups is 1. The molecule has 3 rings (SSSR count). The largest absolute Gasteiger partial charge is 0.391 e. The lowest BCUT2D eigenvalue weighted by molar-refractivity contribution is -0.136. The molecule has 12 atom stereocenters. The Balaban J connectivity index is 2.08. The van der Waals surface area contributed by atoms with Gasteiger partial charge in [-0.15, -0.1) is 0 Å². The van der Waals surface area contributed by atoms with E-state index < -0.39 is 151 Å². The molecule has 12 amide bonds. The Morgan fingerprint density at radius 3 is 1.56 bits per heavy atom. The van der Waals surface area contributed by atoms with Gasteiger partial charge in [-0.1, -0.05) is 67.9 Å². The van der Waals surface area contributed by atoms with Crippen LogP contribution in [0.15, 0.2) is 54.6 Å². The molecule has 24 N–H and O–H groups in total. The van der Waals surface area contributed by atoms with Gasteiger partial charge in [0, 0.05) is 13.0 Å². The molecule has 2 aromatic carbocycles. The van der Waals surface area contributed by atoms with Gasteiger partial charge in [0.25, 0.3) is 0 Å². The number of amides is 12. The van der Waals surface area contributed by atoms with Crippen LogP contribution in [0.2, 0.25) is 5.02 Å². The molecule has 1 aliphatic rings. The summed E-state index contributed by atoms with van der Waals surface area (Å²) in [5, 5.41) is 52.0. The molecule has 0 aliphatic carbocycles. The van der Waals surface area contributed by atoms with Crippen molar-refractivity contribution in [2.24, 2.45) is 34.6 Å². The standard InChI is InChI=1S/C54H86ClN17O13/c1-28(2)26-40-50(81)64-34(14-20-56)44(75)63-37(17-23-59)48(79)71-42(29(3)73)52(83)61-25-19-39(47(78)62-35(15-21-57)46(77)68-41(51(82)67-40)27-31-10-6-5-7-11-31)65-45(76)36(16-22-58)66-53(84)43(30(4)74)72-49(80)38(18-24-60)70-54(85)69-33-13-9-8-12-32(33)55/h5-13,28-30,34-43,73-74H,14-27,56-60H2,1-4H3,(H,61,83)(H,62,78)(H,63,75)(H,64,81)(H,65,76)(H,66,84)(H,67,82)(H,68,77)(H,71,79)(H,72,80)(H2,69,70,85)/t29-,30-,34+,35+,36+,37+,38+,39+,40+,41-,42+,43+/m1/s1. The normalized spacial score (nSPS) is 22.4. The number of carbonyl (C=O) groups excluding carboxylic acids is 11. The Hall–Kier alpha value is -7.58. The monoisotopic (exact) mass is 1220 g/mol. The van der Waals surface area contributed by atoms with Crippen LogP contribution in [0.25, 0.3) is 0 Å². The Bertz CT molecular complexity index is 2570. The molecule has 85 heavy (non-hydrogen) atoms. The van der Waals surface area contributed by atoms with Crippen molar-refractivity contribution in [3.05, 3.63) is 65.2 Å². The SMILES string of the molecule is CC(C)C[C@@H]1NC(=O)[C@@H](Cc2ccccc2)NC(=O)[C@H](CCN)NC(=O)[C@@H](NC(=O)[C@H](CCN)NC(=O)[C@@H](NC(=O)[C@H](CCN)NC(=O)Nc2ccccc2Cl)[C@@H](C)O)CCNC(=O)[C@H]([C@@H](C)O)NC(=O)[C@H](CCN)NC(=O)[C@H](CCN)NC1=O. The minimum absolute atomic E-state index is 0.0369. The van der Waals surface area contributed by atoms with Crippen LogP contribution in [0.1, 0.15) is 78.2 Å². The molecule has 472 valence electrons. The molecule has 1 aliphatic heterocycles. The van der Waals surface area contributed by atoms with E-state index in [9.17, 15) is 63.0 Å². The second-order valence-electron chi connectivity index (χ2n) is 20.8. The smallest absolute Gasteiger partial charge is 0.319 e. The summed E-state index contributed by atoms with van der Waals surface area (Å²) in [6, 6.07) is -1.22. The van der Waals surface area contributed by atoms with Gasteiger partial charge in [-0.05, 0) is 115 Å². The summed E-state index contributed by atoms with van der Waals surface area (Å²) in [6.07, 6.45) is -4.78. The zero-order valence-electron chi connectivity index (χ0n) is 48.3. The zero-order valence-corrected chi connectivity index (χ0v) is 49.0. The number of aliphatic hydroxyl groups is 2. The zero-order chi connectivity index (χ0) is 63.3. The van der Waals surface area contributed by atoms with Crippen LogP contribution >= 0.6 is 11.6 Å². The number of para-hydroxylation sites is 1. The van der Waals surface area contributed by atoms with Crippen molar-refractivity contribution in [2.75, 3.05) is 44.6 Å². The van der Waals surface area contributed by atoms with E-state index >= 15 is 0 Å². The third-order valence-electron chi connectivity index (χ3n) is 13.3. The maximum atomic E-state index is 14.5. The van der Waals surface area contributed by atoms with Crippen LogP contribution in [0.5, 0.6) is 0 Å². The van der Waals surface area contributed by atoms with Crippen LogP contribution in [-0.4, -0.2) is 187 Å². The van der Waals surface area contributed by atoms with Crippen LogP contribution in [0.4, 0.5) is 10.5 Å². The van der Waals surface area contributed by atoms with Crippen molar-refractivity contribution in [1.82, 2.24) is 58.5 Å². The topological polar surface area (TPSA) is 503 Å². The van der Waals surface area contributed by atoms with E-state index in [1.165, 1.54) is 26.0 Å². The van der Waals surface area contributed by atoms with Crippen LogP contribution in [-0.2, 0) is 54.4 Å². The van der Waals surface area contributed by atoms with Gasteiger partial charge in [-0.2, -0.15) is 0 Å². The Labute approximate surface area is 498 Å². The highest BCUT2D eigenvalue weighted by molar-refractivity contribution is 6.33. The number of halogens is 1. The van der Waals surface area contributed by atoms with Crippen molar-refractivity contribution in [3.63, 3.8) is 0 Å². The number of carbonyl (C=O) groups is 11. The van der Waals surface area contributed by atoms with Gasteiger partial charge in [0.1, 0.15) is 60.4 Å². The molecule has 0 spiro atoms. The molecule has 30 nitrogen and oxygen atoms in total. The van der Waals surface area contributed by atoms with E-state index in [4.69, 9.17) is 40.3 Å². The number of benzene rings is 2. The molecule has 2 aromatic rings. The second kappa shape index (κ2) is 37.0. The summed E-state index contributed by atoms with van der Waals surface area (Å²) in [6.45, 7) is 4.59. The highest BCUT2D eigenvalue weighted by Gasteiger charge is 2.37. The Kier molecular flexibility index (Phi) is 31.2. The van der Waals surface area contributed by atoms with Crippen molar-refractivity contribution < 1.29 is 63.0 Å². The molecule has 1 heterocycles. The predicted molar refractivity (Wildman–Crippen MR) is 314 cm³/mol. The number of anilines is 1. The van der Waals surface area contributed by atoms with Gasteiger partial charge in [-0.3, -0.25) is 47.9 Å². The molecular formula is C54H86ClN17O13. The summed E-state index contributed by atoms with van der Waals surface area (Å²) >= 11 is 6.16. The molecule has 0 unspecified atom stereocenters. The van der Waals surface area contributed by atoms with Gasteiger partial charge in [-0.25, -0.2) is 4.79 Å². The van der Waals surface area contributed by atoms with E-state index in [-0.39, 0.29) is 94.3 Å². The third kappa shape index (κ3) is 24.1. The van der Waals surface area contributed by atoms with Gasteiger partial charge in [0.15, 0.2) is 0 Å². The van der Waals surface area contributed by atoms with E-state index in [0.29, 0.717) is 5.56 Å². The highest BCUT2D eigenvalue weighted by Crippen LogP contribution is 2.20. The molecular weight excluding hydrogens is 1130 g/mol. The predicted octanol–water partition coefficient (Wildman–Crippen LogP) is -5.49. The van der Waals surface area contributed by atoms with E-state index in [1.54, 1.807) is 56.3 Å². The van der Waals surface area contributed by atoms with E-state index in [1.807, 2.05) is 0 Å². The number of aliphatic hydroxyl groups excluding tert-OH is 2. The summed E-state index contributed by atoms with van der Waals surface area (Å²) in [5.41, 5.74) is 30.1. The molecule has 0 saturated carbocycles. The van der Waals surface area contributed by atoms with E-state index in [0.717, 1.165) is 0 Å². The summed E-state index contributed by atoms with van der Waals surface area (Å²) in [7, 11) is 0. The number of rotatable bonds is 24. The average molecular weight is 1220 g/mol. The lowest BCUT2D eigenvalue weighted by atomic mass is 10.00. The fraction of sp³-hybridized carbons (Fsp3) is 0.574. The maximum Gasteiger partial charge on any atom is 0.319 e. The lowest BCUT2D eigenvalue weighted by Crippen LogP contribution is -2.62. The van der Waals surface area contributed by atoms with Gasteiger partial charge >= 0.3 is 6.03 Å². The first-order valence-corrected chi connectivity index (χ1v) is 28.5. The average Bonchev–Trinajstić information content (AvgIpc) is 3.57. The van der Waals surface area contributed by atoms with Crippen LogP contribution in [0.3, 0.4) is 0 Å². The third-order valence-corrected chi connectivity index (χ3v) is 13.6. The van der Waals surface area contributed by atoms with Crippen molar-refractivity contribution >= 4 is 82.4 Å². The first-order chi connectivity index (χ1) is 40.4. The number of hydrogen-bond donors (Lipinski definition) is 19. The summed E-state index contributed by atoms with van der Waals surface area (Å²) < 4.78 is 0. The van der Waals surface area contributed by atoms with Crippen molar-refractivity contribution in [1.29, 1.82) is 0 Å². The molecule has 0 aromatic heterocycles. The minimum Gasteiger partial charge on any atom is -0.391 e. The van der Waals surface area contributed by atoms with Gasteiger partial charge < -0.3 is 103 Å². The molecule has 0 radical (unpaired) electrons. The molecule has 1 fully saturated rings. The lowest BCUT2D eigenvalue weighted by Gasteiger charge is -2.29. The van der Waals surface area contributed by atoms with E-state index in [2.05, 4.69) is 63.8 Å². The Morgan fingerprint density at radius 2 is 1.05 bits per heavy atom. The maximum absolute atomic E-state index is 14.5. The number of nitrogens with two attached hydrogens (primary N) is 5. The minimum atomic E-state index is -1.77. The first-order valence-electron chi connectivity index (χ1n) is 28.1.